The van der Waals surface area contributed by atoms with E-state index in [-0.39, 0.29) is 11.4 Å². The van der Waals surface area contributed by atoms with Crippen LogP contribution >= 0.6 is 27.5 Å². The van der Waals surface area contributed by atoms with E-state index in [1.165, 1.54) is 0 Å². The Bertz CT molecular complexity index is 378. The lowest BCUT2D eigenvalue weighted by Crippen LogP contribution is -2.27. The average molecular weight is 274 g/mol. The van der Waals surface area contributed by atoms with Crippen molar-refractivity contribution in [2.24, 2.45) is 5.10 Å². The van der Waals surface area contributed by atoms with Gasteiger partial charge in [-0.15, -0.1) is 11.6 Å². The van der Waals surface area contributed by atoms with Gasteiger partial charge in [0.2, 0.25) is 0 Å². The molecule has 0 bridgehead atoms. The molecule has 0 fully saturated rings. The maximum Gasteiger partial charge on any atom is 0.0995 e. The van der Waals surface area contributed by atoms with Gasteiger partial charge in [0.05, 0.1) is 17.1 Å². The predicted octanol–water partition coefficient (Wildman–Crippen LogP) is 2.75. The molecule has 1 aromatic rings. The zero-order chi connectivity index (χ0) is 10.1. The van der Waals surface area contributed by atoms with Gasteiger partial charge in [-0.25, -0.2) is 0 Å². The molecule has 1 aliphatic rings. The summed E-state index contributed by atoms with van der Waals surface area (Å²) in [5.74, 6) is 0. The molecule has 1 aromatic carbocycles. The molecule has 0 amide bonds. The molecule has 1 N–H and O–H groups in total. The van der Waals surface area contributed by atoms with E-state index < -0.39 is 0 Å². The highest BCUT2D eigenvalue weighted by Gasteiger charge is 2.27. The second kappa shape index (κ2) is 3.91. The first kappa shape index (κ1) is 9.99. The first-order valence-electron chi connectivity index (χ1n) is 4.42. The minimum Gasteiger partial charge on any atom is -0.305 e. The van der Waals surface area contributed by atoms with E-state index in [0.717, 1.165) is 15.7 Å². The number of halogens is 2. The first-order chi connectivity index (χ1) is 6.70. The molecule has 4 heteroatoms. The molecule has 74 valence electrons. The third-order valence-corrected chi connectivity index (χ3v) is 3.51. The summed E-state index contributed by atoms with van der Waals surface area (Å²) in [5, 5.41) is 4.17. The van der Waals surface area contributed by atoms with Crippen LogP contribution < -0.4 is 5.43 Å². The second-order valence-corrected chi connectivity index (χ2v) is 4.62. The fourth-order valence-electron chi connectivity index (χ4n) is 1.41. The molecule has 0 spiro atoms. The van der Waals surface area contributed by atoms with Gasteiger partial charge in [0.15, 0.2) is 0 Å². The smallest absolute Gasteiger partial charge is 0.0995 e. The van der Waals surface area contributed by atoms with Crippen LogP contribution in [0.25, 0.3) is 0 Å². The molecule has 0 saturated heterocycles. The Morgan fingerprint density at radius 3 is 2.71 bits per heavy atom. The van der Waals surface area contributed by atoms with E-state index >= 15 is 0 Å². The van der Waals surface area contributed by atoms with E-state index in [1.54, 1.807) is 0 Å². The van der Waals surface area contributed by atoms with Crippen molar-refractivity contribution in [1.29, 1.82) is 0 Å². The molecule has 2 unspecified atom stereocenters. The van der Waals surface area contributed by atoms with E-state index in [0.29, 0.717) is 0 Å². The van der Waals surface area contributed by atoms with Crippen LogP contribution in [0.3, 0.4) is 0 Å². The van der Waals surface area contributed by atoms with Crippen LogP contribution in [0.4, 0.5) is 0 Å². The molecule has 2 rings (SSSR count). The Balaban J connectivity index is 2.37. The SMILES string of the molecule is CC1NN=C(c2ccccc2Br)C1Cl. The van der Waals surface area contributed by atoms with Crippen LogP contribution in [0.5, 0.6) is 0 Å². The number of rotatable bonds is 1. The highest BCUT2D eigenvalue weighted by Crippen LogP contribution is 2.23. The molecular weight excluding hydrogens is 263 g/mol. The third-order valence-electron chi connectivity index (χ3n) is 2.24. The number of alkyl halides is 1. The van der Waals surface area contributed by atoms with E-state index in [9.17, 15) is 0 Å². The monoisotopic (exact) mass is 272 g/mol. The summed E-state index contributed by atoms with van der Waals surface area (Å²) in [4.78, 5) is 0. The summed E-state index contributed by atoms with van der Waals surface area (Å²) in [6.45, 7) is 2.02. The van der Waals surface area contributed by atoms with Gasteiger partial charge in [0.25, 0.3) is 0 Å². The molecule has 0 saturated carbocycles. The number of hydrazone groups is 1. The van der Waals surface area contributed by atoms with Crippen molar-refractivity contribution in [1.82, 2.24) is 5.43 Å². The van der Waals surface area contributed by atoms with Crippen molar-refractivity contribution in [2.75, 3.05) is 0 Å². The van der Waals surface area contributed by atoms with Crippen molar-refractivity contribution >= 4 is 33.2 Å². The zero-order valence-electron chi connectivity index (χ0n) is 7.67. The van der Waals surface area contributed by atoms with Crippen molar-refractivity contribution in [3.8, 4) is 0 Å². The Morgan fingerprint density at radius 1 is 1.43 bits per heavy atom. The zero-order valence-corrected chi connectivity index (χ0v) is 10.0. The summed E-state index contributed by atoms with van der Waals surface area (Å²) >= 11 is 9.71. The standard InChI is InChI=1S/C10H10BrClN2/c1-6-9(12)10(14-13-6)7-4-2-3-5-8(7)11/h2-6,9,13H,1H3. The lowest BCUT2D eigenvalue weighted by Gasteiger charge is -2.09. The van der Waals surface area contributed by atoms with Crippen molar-refractivity contribution in [3.05, 3.63) is 34.3 Å². The number of benzene rings is 1. The third kappa shape index (κ3) is 1.66. The Labute approximate surface area is 96.5 Å². The number of nitrogens with one attached hydrogen (secondary N) is 1. The van der Waals surface area contributed by atoms with Gasteiger partial charge in [-0.3, -0.25) is 0 Å². The highest BCUT2D eigenvalue weighted by molar-refractivity contribution is 9.10. The van der Waals surface area contributed by atoms with Crippen LogP contribution in [0, 0.1) is 0 Å². The van der Waals surface area contributed by atoms with Crippen LogP contribution in [0.2, 0.25) is 0 Å². The van der Waals surface area contributed by atoms with Gasteiger partial charge < -0.3 is 5.43 Å². The summed E-state index contributed by atoms with van der Waals surface area (Å²) in [6.07, 6.45) is 0. The fourth-order valence-corrected chi connectivity index (χ4v) is 2.12. The molecule has 0 radical (unpaired) electrons. The number of hydrogen-bond acceptors (Lipinski definition) is 2. The lowest BCUT2D eigenvalue weighted by molar-refractivity contribution is 0.639. The highest BCUT2D eigenvalue weighted by atomic mass is 79.9. The maximum atomic E-state index is 6.22. The van der Waals surface area contributed by atoms with Crippen molar-refractivity contribution in [3.63, 3.8) is 0 Å². The summed E-state index contributed by atoms with van der Waals surface area (Å²) in [6, 6.07) is 8.15. The van der Waals surface area contributed by atoms with Crippen LogP contribution in [0.1, 0.15) is 12.5 Å². The lowest BCUT2D eigenvalue weighted by atomic mass is 10.1. The van der Waals surface area contributed by atoms with Gasteiger partial charge in [-0.05, 0) is 13.0 Å². The summed E-state index contributed by atoms with van der Waals surface area (Å²) < 4.78 is 1.03. The molecule has 1 heterocycles. The normalized spacial score (nSPS) is 25.8. The van der Waals surface area contributed by atoms with E-state index in [2.05, 4.69) is 26.5 Å². The van der Waals surface area contributed by atoms with Gasteiger partial charge in [0, 0.05) is 10.0 Å². The van der Waals surface area contributed by atoms with Gasteiger partial charge in [-0.1, -0.05) is 34.1 Å². The number of nitrogens with zero attached hydrogens (tertiary/aromatic N) is 1. The molecule has 2 atom stereocenters. The quantitative estimate of drug-likeness (QED) is 0.782. The predicted molar refractivity (Wildman–Crippen MR) is 62.9 cm³/mol. The maximum absolute atomic E-state index is 6.22. The first-order valence-corrected chi connectivity index (χ1v) is 5.65. The van der Waals surface area contributed by atoms with Gasteiger partial charge in [0.1, 0.15) is 0 Å². The molecule has 0 aliphatic carbocycles. The number of hydrogen-bond donors (Lipinski definition) is 1. The Kier molecular flexibility index (Phi) is 2.79. The van der Waals surface area contributed by atoms with Crippen molar-refractivity contribution < 1.29 is 0 Å². The van der Waals surface area contributed by atoms with E-state index in [1.807, 2.05) is 31.2 Å². The van der Waals surface area contributed by atoms with Crippen LogP contribution in [-0.2, 0) is 0 Å². The summed E-state index contributed by atoms with van der Waals surface area (Å²) in [5.41, 5.74) is 4.95. The average Bonchev–Trinajstić information content (AvgIpc) is 2.49. The summed E-state index contributed by atoms with van der Waals surface area (Å²) in [7, 11) is 0. The van der Waals surface area contributed by atoms with Crippen molar-refractivity contribution in [2.45, 2.75) is 18.3 Å². The molecule has 2 nitrogen and oxygen atoms in total. The molecular formula is C10H10BrClN2. The second-order valence-electron chi connectivity index (χ2n) is 3.30. The van der Waals surface area contributed by atoms with Gasteiger partial charge in [-0.2, -0.15) is 5.10 Å². The van der Waals surface area contributed by atoms with Crippen LogP contribution in [-0.4, -0.2) is 17.1 Å². The van der Waals surface area contributed by atoms with Crippen LogP contribution in [0.15, 0.2) is 33.8 Å². The molecule has 1 aliphatic heterocycles. The largest absolute Gasteiger partial charge is 0.305 e. The Hall–Kier alpha value is -0.540. The minimum atomic E-state index is -0.0614. The minimum absolute atomic E-state index is 0.0614. The van der Waals surface area contributed by atoms with Gasteiger partial charge >= 0.3 is 0 Å². The molecule has 0 aromatic heterocycles. The topological polar surface area (TPSA) is 24.4 Å². The Morgan fingerprint density at radius 2 is 2.14 bits per heavy atom. The fraction of sp³-hybridized carbons (Fsp3) is 0.300. The molecule has 14 heavy (non-hydrogen) atoms. The van der Waals surface area contributed by atoms with E-state index in [4.69, 9.17) is 11.6 Å².